The Hall–Kier alpha value is -1.86. The number of hydrogen-bond donors (Lipinski definition) is 1. The van der Waals surface area contributed by atoms with Gasteiger partial charge in [-0.2, -0.15) is 5.26 Å². The van der Waals surface area contributed by atoms with Gasteiger partial charge in [0.1, 0.15) is 11.9 Å². The first-order valence-corrected chi connectivity index (χ1v) is 6.16. The Balaban J connectivity index is 2.24. The second-order valence-corrected chi connectivity index (χ2v) is 4.60. The molecule has 0 bridgehead atoms. The lowest BCUT2D eigenvalue weighted by molar-refractivity contribution is 0.618. The average molecular weight is 305 g/mol. The van der Waals surface area contributed by atoms with Crippen LogP contribution in [0.25, 0.3) is 0 Å². The van der Waals surface area contributed by atoms with Gasteiger partial charge >= 0.3 is 0 Å². The summed E-state index contributed by atoms with van der Waals surface area (Å²) in [6.45, 7) is 0. The number of nitrogens with zero attached hydrogens (tertiary/aromatic N) is 1. The molecule has 0 heterocycles. The molecule has 1 atom stereocenters. The van der Waals surface area contributed by atoms with Gasteiger partial charge in [0.05, 0.1) is 10.5 Å². The number of hydrogen-bond acceptors (Lipinski definition) is 2. The molecule has 0 saturated heterocycles. The van der Waals surface area contributed by atoms with E-state index in [9.17, 15) is 4.39 Å². The Labute approximate surface area is 113 Å². The summed E-state index contributed by atoms with van der Waals surface area (Å²) in [5, 5.41) is 12.2. The van der Waals surface area contributed by atoms with Crippen molar-refractivity contribution in [3.8, 4) is 6.07 Å². The monoisotopic (exact) mass is 304 g/mol. The molecule has 90 valence electrons. The third-order valence-electron chi connectivity index (χ3n) is 2.49. The molecule has 0 aliphatic heterocycles. The summed E-state index contributed by atoms with van der Waals surface area (Å²) in [7, 11) is 0. The molecule has 0 aliphatic carbocycles. The summed E-state index contributed by atoms with van der Waals surface area (Å²) in [5.74, 6) is -0.373. The van der Waals surface area contributed by atoms with E-state index < -0.39 is 6.04 Å². The van der Waals surface area contributed by atoms with Gasteiger partial charge in [0, 0.05) is 5.69 Å². The summed E-state index contributed by atoms with van der Waals surface area (Å²) in [6.07, 6.45) is 0. The van der Waals surface area contributed by atoms with E-state index >= 15 is 0 Å². The summed E-state index contributed by atoms with van der Waals surface area (Å²) in [5.41, 5.74) is 1.43. The maximum Gasteiger partial charge on any atom is 0.140 e. The molecule has 1 unspecified atom stereocenters. The predicted octanol–water partition coefficient (Wildman–Crippen LogP) is 4.26. The molecule has 0 radical (unpaired) electrons. The zero-order chi connectivity index (χ0) is 13.0. The number of benzene rings is 2. The largest absolute Gasteiger partial charge is 0.366 e. The fraction of sp³-hybridized carbons (Fsp3) is 0.0714. The van der Waals surface area contributed by atoms with Gasteiger partial charge in [-0.15, -0.1) is 0 Å². The van der Waals surface area contributed by atoms with Gasteiger partial charge in [-0.1, -0.05) is 24.3 Å². The fourth-order valence-corrected chi connectivity index (χ4v) is 1.83. The average Bonchev–Trinajstić information content (AvgIpc) is 2.40. The number of para-hydroxylation sites is 1. The van der Waals surface area contributed by atoms with Crippen molar-refractivity contribution >= 4 is 21.6 Å². The molecule has 0 fully saturated rings. The predicted molar refractivity (Wildman–Crippen MR) is 72.5 cm³/mol. The van der Waals surface area contributed by atoms with Gasteiger partial charge in [0.15, 0.2) is 0 Å². The van der Waals surface area contributed by atoms with Crippen LogP contribution in [-0.4, -0.2) is 0 Å². The van der Waals surface area contributed by atoms with Crippen LogP contribution in [0.3, 0.4) is 0 Å². The SMILES string of the molecule is N#CC(Nc1ccccc1)c1ccc(Br)c(F)c1. The molecule has 0 saturated carbocycles. The Morgan fingerprint density at radius 2 is 1.89 bits per heavy atom. The second-order valence-electron chi connectivity index (χ2n) is 3.75. The van der Waals surface area contributed by atoms with Crippen molar-refractivity contribution < 1.29 is 4.39 Å². The minimum Gasteiger partial charge on any atom is -0.366 e. The van der Waals surface area contributed by atoms with E-state index in [4.69, 9.17) is 5.26 Å². The maximum absolute atomic E-state index is 13.4. The molecular weight excluding hydrogens is 295 g/mol. The van der Waals surface area contributed by atoms with E-state index in [2.05, 4.69) is 27.3 Å². The highest BCUT2D eigenvalue weighted by Crippen LogP contribution is 2.23. The van der Waals surface area contributed by atoms with Crippen LogP contribution in [0.15, 0.2) is 53.0 Å². The normalized spacial score (nSPS) is 11.6. The molecule has 4 heteroatoms. The van der Waals surface area contributed by atoms with E-state index in [1.165, 1.54) is 6.07 Å². The Kier molecular flexibility index (Phi) is 3.96. The molecular formula is C14H10BrFN2. The molecule has 1 N–H and O–H groups in total. The standard InChI is InChI=1S/C14H10BrFN2/c15-12-7-6-10(8-13(12)16)14(9-17)18-11-4-2-1-3-5-11/h1-8,14,18H. The third kappa shape index (κ3) is 2.88. The van der Waals surface area contributed by atoms with E-state index in [0.717, 1.165) is 5.69 Å². The van der Waals surface area contributed by atoms with Crippen LogP contribution in [0.2, 0.25) is 0 Å². The number of rotatable bonds is 3. The first kappa shape index (κ1) is 12.6. The summed E-state index contributed by atoms with van der Waals surface area (Å²) in [6, 6.07) is 15.6. The van der Waals surface area contributed by atoms with Crippen molar-refractivity contribution in [2.75, 3.05) is 5.32 Å². The van der Waals surface area contributed by atoms with Crippen LogP contribution in [0, 0.1) is 17.1 Å². The second kappa shape index (κ2) is 5.65. The molecule has 0 aliphatic rings. The Bertz CT molecular complexity index is 578. The number of nitrogens with one attached hydrogen (secondary N) is 1. The van der Waals surface area contributed by atoms with Gasteiger partial charge in [-0.05, 0) is 45.8 Å². The first-order chi connectivity index (χ1) is 8.70. The van der Waals surface area contributed by atoms with Crippen LogP contribution in [0.4, 0.5) is 10.1 Å². The van der Waals surface area contributed by atoms with Crippen molar-refractivity contribution in [2.24, 2.45) is 0 Å². The van der Waals surface area contributed by atoms with Crippen LogP contribution in [-0.2, 0) is 0 Å². The molecule has 0 aromatic heterocycles. The van der Waals surface area contributed by atoms with E-state index in [1.54, 1.807) is 12.1 Å². The van der Waals surface area contributed by atoms with Gasteiger partial charge in [-0.3, -0.25) is 0 Å². The molecule has 18 heavy (non-hydrogen) atoms. The summed E-state index contributed by atoms with van der Waals surface area (Å²) < 4.78 is 13.8. The van der Waals surface area contributed by atoms with Gasteiger partial charge < -0.3 is 5.32 Å². The van der Waals surface area contributed by atoms with Crippen molar-refractivity contribution in [1.29, 1.82) is 5.26 Å². The van der Waals surface area contributed by atoms with E-state index in [1.807, 2.05) is 30.3 Å². The van der Waals surface area contributed by atoms with Gasteiger partial charge in [0.25, 0.3) is 0 Å². The number of nitriles is 1. The van der Waals surface area contributed by atoms with Gasteiger partial charge in [0.2, 0.25) is 0 Å². The molecule has 2 aromatic rings. The topological polar surface area (TPSA) is 35.8 Å². The van der Waals surface area contributed by atoms with Crippen LogP contribution in [0.1, 0.15) is 11.6 Å². The lowest BCUT2D eigenvalue weighted by Gasteiger charge is -2.13. The first-order valence-electron chi connectivity index (χ1n) is 5.37. The number of anilines is 1. The van der Waals surface area contributed by atoms with Crippen LogP contribution in [0.5, 0.6) is 0 Å². The Morgan fingerprint density at radius 1 is 1.17 bits per heavy atom. The molecule has 2 nitrogen and oxygen atoms in total. The van der Waals surface area contributed by atoms with Crippen molar-refractivity contribution in [3.05, 3.63) is 64.4 Å². The Morgan fingerprint density at radius 3 is 2.50 bits per heavy atom. The smallest absolute Gasteiger partial charge is 0.140 e. The highest BCUT2D eigenvalue weighted by molar-refractivity contribution is 9.10. The molecule has 0 amide bonds. The molecule has 2 rings (SSSR count). The highest BCUT2D eigenvalue weighted by Gasteiger charge is 2.12. The van der Waals surface area contributed by atoms with Crippen molar-refractivity contribution in [2.45, 2.75) is 6.04 Å². The number of halogens is 2. The fourth-order valence-electron chi connectivity index (χ4n) is 1.58. The van der Waals surface area contributed by atoms with Crippen molar-refractivity contribution in [3.63, 3.8) is 0 Å². The zero-order valence-corrected chi connectivity index (χ0v) is 11.0. The minimum atomic E-state index is -0.574. The molecule has 2 aromatic carbocycles. The lowest BCUT2D eigenvalue weighted by Crippen LogP contribution is -2.08. The quantitative estimate of drug-likeness (QED) is 0.919. The maximum atomic E-state index is 13.4. The lowest BCUT2D eigenvalue weighted by atomic mass is 10.1. The van der Waals surface area contributed by atoms with E-state index in [-0.39, 0.29) is 5.82 Å². The minimum absolute atomic E-state index is 0.373. The summed E-state index contributed by atoms with van der Waals surface area (Å²) >= 11 is 3.09. The van der Waals surface area contributed by atoms with Crippen molar-refractivity contribution in [1.82, 2.24) is 0 Å². The zero-order valence-electron chi connectivity index (χ0n) is 9.40. The van der Waals surface area contributed by atoms with E-state index in [0.29, 0.717) is 10.0 Å². The van der Waals surface area contributed by atoms with Gasteiger partial charge in [-0.25, -0.2) is 4.39 Å². The van der Waals surface area contributed by atoms with Crippen LogP contribution < -0.4 is 5.32 Å². The highest BCUT2D eigenvalue weighted by atomic mass is 79.9. The third-order valence-corrected chi connectivity index (χ3v) is 3.13. The summed E-state index contributed by atoms with van der Waals surface area (Å²) in [4.78, 5) is 0. The van der Waals surface area contributed by atoms with Crippen LogP contribution >= 0.6 is 15.9 Å². The molecule has 0 spiro atoms.